The van der Waals surface area contributed by atoms with Crippen LogP contribution in [0, 0.1) is 5.39 Å². The summed E-state index contributed by atoms with van der Waals surface area (Å²) in [6.07, 6.45) is 0. The average Bonchev–Trinajstić information content (AvgIpc) is 2.39. The van der Waals surface area contributed by atoms with E-state index >= 15 is 0 Å². The van der Waals surface area contributed by atoms with Crippen molar-refractivity contribution in [3.63, 3.8) is 0 Å². The lowest BCUT2D eigenvalue weighted by Crippen LogP contribution is -2.03. The molecular weight excluding hydrogens is 266 g/mol. The highest BCUT2D eigenvalue weighted by Crippen LogP contribution is 2.28. The summed E-state index contributed by atoms with van der Waals surface area (Å²) in [6.45, 7) is 0. The highest BCUT2D eigenvalue weighted by atomic mass is 32.2. The second kappa shape index (κ2) is 5.06. The highest BCUT2D eigenvalue weighted by molar-refractivity contribution is 7.86. The first-order chi connectivity index (χ1) is 9.00. The molecule has 2 N–H and O–H groups in total. The van der Waals surface area contributed by atoms with Crippen LogP contribution in [-0.2, 0) is 10.1 Å². The summed E-state index contributed by atoms with van der Waals surface area (Å²) in [5, 5.41) is 11.5. The molecule has 0 amide bonds. The number of nitrogens with one attached hydrogen (secondary N) is 1. The molecule has 96 valence electrons. The van der Waals surface area contributed by atoms with Crippen LogP contribution < -0.4 is 5.32 Å². The summed E-state index contributed by atoms with van der Waals surface area (Å²) in [6, 6.07) is 12.8. The van der Waals surface area contributed by atoms with E-state index in [9.17, 15) is 13.0 Å². The van der Waals surface area contributed by atoms with Crippen molar-refractivity contribution in [3.8, 4) is 0 Å². The van der Waals surface area contributed by atoms with Gasteiger partial charge in [0, 0.05) is 11.8 Å². The summed E-state index contributed by atoms with van der Waals surface area (Å²) in [5.41, 5.74) is 0.897. The van der Waals surface area contributed by atoms with E-state index in [1.54, 1.807) is 24.3 Å². The molecule has 0 aliphatic heterocycles. The zero-order chi connectivity index (χ0) is 13.9. The third kappa shape index (κ3) is 3.07. The maximum absolute atomic E-state index is 11.3. The van der Waals surface area contributed by atoms with Gasteiger partial charge in [0.05, 0.1) is 11.8 Å². The van der Waals surface area contributed by atoms with E-state index in [1.165, 1.54) is 12.1 Å². The molecule has 0 aliphatic carbocycles. The summed E-state index contributed by atoms with van der Waals surface area (Å²) in [5.74, 6) is 0. The molecule has 19 heavy (non-hydrogen) atoms. The van der Waals surface area contributed by atoms with E-state index in [-0.39, 0.29) is 16.3 Å². The molecule has 2 aromatic carbocycles. The predicted molar refractivity (Wildman–Crippen MR) is 70.7 cm³/mol. The Kier molecular flexibility index (Phi) is 3.46. The first kappa shape index (κ1) is 13.0. The van der Waals surface area contributed by atoms with Gasteiger partial charge in [0.15, 0.2) is 4.98 Å². The topological polar surface area (TPSA) is 94.5 Å². The van der Waals surface area contributed by atoms with Gasteiger partial charge in [0.2, 0.25) is 5.39 Å². The van der Waals surface area contributed by atoms with Gasteiger partial charge in [-0.15, -0.1) is 0 Å². The van der Waals surface area contributed by atoms with Crippen LogP contribution in [0.2, 0.25) is 0 Å². The molecule has 0 saturated heterocycles. The first-order valence-corrected chi connectivity index (χ1v) is 6.73. The molecule has 0 saturated carbocycles. The molecule has 0 unspecified atom stereocenters. The Bertz CT molecular complexity index is 737. The van der Waals surface area contributed by atoms with Crippen LogP contribution >= 0.6 is 0 Å². The van der Waals surface area contributed by atoms with Crippen LogP contribution in [0.3, 0.4) is 0 Å². The molecule has 0 heterocycles. The quantitative estimate of drug-likeness (QED) is 0.663. The van der Waals surface area contributed by atoms with E-state index in [2.05, 4.69) is 10.3 Å². The van der Waals surface area contributed by atoms with Crippen molar-refractivity contribution < 1.29 is 13.0 Å². The highest BCUT2D eigenvalue weighted by Gasteiger charge is 2.20. The van der Waals surface area contributed by atoms with E-state index in [0.717, 1.165) is 6.07 Å². The van der Waals surface area contributed by atoms with Crippen LogP contribution in [-0.4, -0.2) is 13.0 Å². The largest absolute Gasteiger partial charge is 0.386 e. The lowest BCUT2D eigenvalue weighted by molar-refractivity contribution is 0.483. The third-order valence-electron chi connectivity index (χ3n) is 2.41. The number of hydrogen-bond donors (Lipinski definition) is 2. The predicted octanol–water partition coefficient (Wildman–Crippen LogP) is 3.16. The Morgan fingerprint density at radius 3 is 2.37 bits per heavy atom. The molecule has 0 aliphatic rings. The Morgan fingerprint density at radius 1 is 1.11 bits per heavy atom. The molecule has 0 spiro atoms. The number of anilines is 2. The maximum atomic E-state index is 11.3. The van der Waals surface area contributed by atoms with Crippen LogP contribution in [0.1, 0.15) is 0 Å². The van der Waals surface area contributed by atoms with E-state index < -0.39 is 10.1 Å². The van der Waals surface area contributed by atoms with Crippen molar-refractivity contribution in [1.29, 1.82) is 5.39 Å². The zero-order valence-corrected chi connectivity index (χ0v) is 10.5. The Hall–Kier alpha value is -2.43. The maximum Gasteiger partial charge on any atom is 0.386 e. The minimum Gasteiger partial charge on any atom is -0.354 e. The molecular formula is C12H10N3O3S+. The summed E-state index contributed by atoms with van der Waals surface area (Å²) in [4.78, 5) is 2.53. The van der Waals surface area contributed by atoms with Crippen LogP contribution in [0.4, 0.5) is 17.1 Å². The molecule has 2 aromatic rings. The third-order valence-corrected chi connectivity index (χ3v) is 3.30. The van der Waals surface area contributed by atoms with Gasteiger partial charge >= 0.3 is 5.69 Å². The molecule has 0 radical (unpaired) electrons. The normalized spacial score (nSPS) is 10.7. The average molecular weight is 276 g/mol. The molecule has 2 rings (SSSR count). The van der Waals surface area contributed by atoms with Gasteiger partial charge in [-0.05, 0) is 18.2 Å². The standard InChI is InChI=1S/C12H9N3O3S/c13-15-10-6-7-11(12(8-10)19(16,17)18)14-9-4-2-1-3-5-9/h1-8,14H/p+1. The monoisotopic (exact) mass is 276 g/mol. The molecule has 0 bridgehead atoms. The number of nitrogens with zero attached hydrogens (tertiary/aromatic N) is 2. The lowest BCUT2D eigenvalue weighted by atomic mass is 10.2. The fraction of sp³-hybridized carbons (Fsp3) is 0. The SMILES string of the molecule is N#[N+]c1ccc(Nc2ccccc2)c(S(=O)(=O)O)c1. The van der Waals surface area contributed by atoms with Gasteiger partial charge in [-0.1, -0.05) is 18.2 Å². The number of benzene rings is 2. The van der Waals surface area contributed by atoms with Crippen molar-refractivity contribution in [1.82, 2.24) is 0 Å². The van der Waals surface area contributed by atoms with E-state index in [1.807, 2.05) is 6.07 Å². The van der Waals surface area contributed by atoms with Gasteiger partial charge in [0.25, 0.3) is 10.1 Å². The zero-order valence-electron chi connectivity index (χ0n) is 9.69. The number of para-hydroxylation sites is 1. The Morgan fingerprint density at radius 2 is 1.79 bits per heavy atom. The van der Waals surface area contributed by atoms with Gasteiger partial charge in [-0.2, -0.15) is 8.42 Å². The van der Waals surface area contributed by atoms with Gasteiger partial charge in [-0.3, -0.25) is 4.55 Å². The Labute approximate surface area is 110 Å². The molecule has 6 nitrogen and oxygen atoms in total. The first-order valence-electron chi connectivity index (χ1n) is 5.29. The summed E-state index contributed by atoms with van der Waals surface area (Å²) in [7, 11) is -4.42. The van der Waals surface area contributed by atoms with E-state index in [0.29, 0.717) is 5.69 Å². The van der Waals surface area contributed by atoms with Crippen molar-refractivity contribution in [2.75, 3.05) is 5.32 Å². The number of rotatable bonds is 3. The van der Waals surface area contributed by atoms with Crippen molar-refractivity contribution in [2.45, 2.75) is 4.90 Å². The van der Waals surface area contributed by atoms with Crippen molar-refractivity contribution in [3.05, 3.63) is 53.5 Å². The Balaban J connectivity index is 2.49. The number of hydrogen-bond acceptors (Lipinski definition) is 4. The summed E-state index contributed by atoms with van der Waals surface area (Å²) < 4.78 is 31.8. The lowest BCUT2D eigenvalue weighted by Gasteiger charge is -2.08. The minimum atomic E-state index is -4.42. The number of diazo groups is 1. The second-order valence-corrected chi connectivity index (χ2v) is 5.14. The smallest absolute Gasteiger partial charge is 0.354 e. The molecule has 0 atom stereocenters. The summed E-state index contributed by atoms with van der Waals surface area (Å²) >= 11 is 0. The minimum absolute atomic E-state index is 0.0336. The van der Waals surface area contributed by atoms with Crippen molar-refractivity contribution >= 4 is 27.2 Å². The van der Waals surface area contributed by atoms with Crippen LogP contribution in [0.5, 0.6) is 0 Å². The van der Waals surface area contributed by atoms with Crippen LogP contribution in [0.15, 0.2) is 53.4 Å². The molecule has 0 aromatic heterocycles. The molecule has 7 heteroatoms. The van der Waals surface area contributed by atoms with E-state index in [4.69, 9.17) is 5.39 Å². The van der Waals surface area contributed by atoms with Crippen molar-refractivity contribution in [2.24, 2.45) is 0 Å². The fourth-order valence-corrected chi connectivity index (χ4v) is 2.23. The van der Waals surface area contributed by atoms with Gasteiger partial charge in [0.1, 0.15) is 4.90 Å². The van der Waals surface area contributed by atoms with Gasteiger partial charge < -0.3 is 5.32 Å². The van der Waals surface area contributed by atoms with Gasteiger partial charge in [-0.25, -0.2) is 0 Å². The fourth-order valence-electron chi connectivity index (χ4n) is 1.57. The molecule has 0 fully saturated rings. The second-order valence-electron chi connectivity index (χ2n) is 3.75. The van der Waals surface area contributed by atoms with Crippen LogP contribution in [0.25, 0.3) is 4.98 Å².